The van der Waals surface area contributed by atoms with Gasteiger partial charge < -0.3 is 31.3 Å². The molecule has 3 aliphatic rings. The second-order valence-electron chi connectivity index (χ2n) is 10.2. The molecule has 0 aromatic heterocycles. The summed E-state index contributed by atoms with van der Waals surface area (Å²) in [4.78, 5) is 38.7. The summed E-state index contributed by atoms with van der Waals surface area (Å²) in [5, 5.41) is 55.3. The Morgan fingerprint density at radius 3 is 2.38 bits per heavy atom. The first-order chi connectivity index (χ1) is 18.4. The third-order valence-corrected chi connectivity index (χ3v) is 8.43. The molecule has 0 fully saturated rings. The van der Waals surface area contributed by atoms with E-state index in [0.717, 1.165) is 11.1 Å². The average Bonchev–Trinajstić information content (AvgIpc) is 2.90. The molecular weight excluding hydrogens is 526 g/mol. The number of benzene rings is 2. The van der Waals surface area contributed by atoms with Gasteiger partial charge in [0.2, 0.25) is 5.78 Å². The number of aliphatic hydroxyl groups excluding tert-OH is 3. The van der Waals surface area contributed by atoms with Gasteiger partial charge in [0.05, 0.1) is 11.7 Å². The van der Waals surface area contributed by atoms with Crippen molar-refractivity contribution in [3.05, 3.63) is 86.9 Å². The zero-order valence-electron chi connectivity index (χ0n) is 20.8. The number of halogens is 1. The van der Waals surface area contributed by atoms with Crippen molar-refractivity contribution in [1.29, 1.82) is 0 Å². The topological polar surface area (TPSA) is 178 Å². The van der Waals surface area contributed by atoms with Gasteiger partial charge in [-0.1, -0.05) is 55.5 Å². The molecule has 0 heterocycles. The molecule has 5 rings (SSSR count). The summed E-state index contributed by atoms with van der Waals surface area (Å²) in [7, 11) is 0. The Bertz CT molecular complexity index is 1520. The van der Waals surface area contributed by atoms with Crippen molar-refractivity contribution in [3.8, 4) is 5.75 Å². The number of amides is 1. The third kappa shape index (κ3) is 3.80. The Morgan fingerprint density at radius 1 is 1.10 bits per heavy atom. The molecule has 3 aliphatic carbocycles. The molecule has 0 radical (unpaired) electrons. The summed E-state index contributed by atoms with van der Waals surface area (Å²) in [6.07, 6.45) is 1.26. The van der Waals surface area contributed by atoms with E-state index in [1.165, 1.54) is 0 Å². The van der Waals surface area contributed by atoms with Gasteiger partial charge in [0, 0.05) is 35.3 Å². The minimum absolute atomic E-state index is 0.133. The number of hydrogen-bond acceptors (Lipinski definition) is 8. The molecule has 39 heavy (non-hydrogen) atoms. The smallest absolute Gasteiger partial charge is 0.255 e. The van der Waals surface area contributed by atoms with Crippen LogP contribution < -0.4 is 5.73 Å². The van der Waals surface area contributed by atoms with E-state index in [0.29, 0.717) is 17.0 Å². The van der Waals surface area contributed by atoms with Gasteiger partial charge in [-0.15, -0.1) is 11.6 Å². The number of fused-ring (bicyclic) bond motifs is 3. The highest BCUT2D eigenvalue weighted by atomic mass is 35.5. The largest absolute Gasteiger partial charge is 0.511 e. The molecule has 0 unspecified atom stereocenters. The van der Waals surface area contributed by atoms with Gasteiger partial charge in [-0.3, -0.25) is 14.4 Å². The van der Waals surface area contributed by atoms with E-state index in [9.17, 15) is 39.9 Å². The fraction of sp³-hybridized carbons (Fsp3) is 0.276. The summed E-state index contributed by atoms with van der Waals surface area (Å²) < 4.78 is 0. The molecule has 2 aromatic carbocycles. The summed E-state index contributed by atoms with van der Waals surface area (Å²) in [5.74, 6) is -8.48. The minimum atomic E-state index is -2.86. The summed E-state index contributed by atoms with van der Waals surface area (Å²) in [5.41, 5.74) is 3.35. The minimum Gasteiger partial charge on any atom is -0.511 e. The summed E-state index contributed by atoms with van der Waals surface area (Å²) in [6.45, 7) is 1.68. The monoisotopic (exact) mass is 551 g/mol. The first-order valence-corrected chi connectivity index (χ1v) is 12.8. The number of Topliss-reactive ketones (excluding diaryl/α,β-unsaturated/α-hetero) is 2. The maximum absolute atomic E-state index is 13.8. The van der Waals surface area contributed by atoms with Crippen molar-refractivity contribution in [2.24, 2.45) is 17.6 Å². The van der Waals surface area contributed by atoms with Gasteiger partial charge in [0.15, 0.2) is 11.4 Å². The molecule has 0 bridgehead atoms. The number of primary amides is 1. The van der Waals surface area contributed by atoms with Crippen LogP contribution in [-0.2, 0) is 15.5 Å². The number of ketones is 2. The van der Waals surface area contributed by atoms with Crippen molar-refractivity contribution in [2.45, 2.75) is 36.8 Å². The van der Waals surface area contributed by atoms with Crippen LogP contribution in [0.3, 0.4) is 0 Å². The van der Waals surface area contributed by atoms with Crippen LogP contribution in [-0.4, -0.2) is 54.7 Å². The Balaban J connectivity index is 1.62. The first-order valence-electron chi connectivity index (χ1n) is 12.3. The van der Waals surface area contributed by atoms with Crippen LogP contribution in [0.4, 0.5) is 0 Å². The van der Waals surface area contributed by atoms with E-state index in [1.54, 1.807) is 31.2 Å². The lowest BCUT2D eigenvalue weighted by Crippen LogP contribution is -2.62. The van der Waals surface area contributed by atoms with Crippen molar-refractivity contribution >= 4 is 41.2 Å². The molecule has 202 valence electrons. The van der Waals surface area contributed by atoms with Crippen LogP contribution in [0.1, 0.15) is 51.9 Å². The predicted molar refractivity (Wildman–Crippen MR) is 142 cm³/mol. The number of aromatic hydroxyl groups is 1. The van der Waals surface area contributed by atoms with Crippen LogP contribution in [0.5, 0.6) is 5.75 Å². The Morgan fingerprint density at radius 2 is 1.77 bits per heavy atom. The molecule has 0 spiro atoms. The lowest BCUT2D eigenvalue weighted by atomic mass is 9.56. The average molecular weight is 552 g/mol. The number of aliphatic hydroxyl groups is 4. The van der Waals surface area contributed by atoms with E-state index >= 15 is 0 Å². The molecule has 0 saturated carbocycles. The zero-order chi connectivity index (χ0) is 28.4. The van der Waals surface area contributed by atoms with Crippen LogP contribution in [0.15, 0.2) is 59.1 Å². The van der Waals surface area contributed by atoms with Crippen molar-refractivity contribution in [1.82, 2.24) is 0 Å². The number of alkyl halides is 1. The molecule has 7 N–H and O–H groups in total. The lowest BCUT2D eigenvalue weighted by molar-refractivity contribution is -0.154. The van der Waals surface area contributed by atoms with Crippen LogP contribution >= 0.6 is 11.6 Å². The Hall–Kier alpha value is -3.92. The number of carbonyl (C=O) groups is 3. The van der Waals surface area contributed by atoms with Gasteiger partial charge in [-0.05, 0) is 22.6 Å². The molecule has 2 aromatic rings. The predicted octanol–water partition coefficient (Wildman–Crippen LogP) is 3.02. The third-order valence-electron chi connectivity index (χ3n) is 8.12. The number of hydrogen-bond donors (Lipinski definition) is 6. The standard InChI is InChI=1S/C29H26ClNO8/c1-12-16-9-8-15(7-6-13-2-4-14(11-30)5-3-13)23(33)20(16)25(35)22-19(12)24(34)17-10-18(32)21(28(31)38)26(36)29(17,39)27(22)37/h2-9,12,17,19,24,32-34,37,39H,10-11H2,1H3,(H2,31,38)/b7-6+/t12-,17+,19+,24+,29+/m0/s1. The highest BCUT2D eigenvalue weighted by Crippen LogP contribution is 2.55. The van der Waals surface area contributed by atoms with Crippen LogP contribution in [0.25, 0.3) is 12.2 Å². The molecule has 10 heteroatoms. The molecule has 0 saturated heterocycles. The maximum Gasteiger partial charge on any atom is 0.255 e. The van der Waals surface area contributed by atoms with E-state index in [4.69, 9.17) is 17.3 Å². The molecule has 5 atom stereocenters. The van der Waals surface area contributed by atoms with Crippen LogP contribution in [0.2, 0.25) is 0 Å². The van der Waals surface area contributed by atoms with E-state index < -0.39 is 76.0 Å². The number of nitrogens with two attached hydrogens (primary N) is 1. The number of carbonyl (C=O) groups excluding carboxylic acids is 3. The summed E-state index contributed by atoms with van der Waals surface area (Å²) in [6, 6.07) is 10.7. The second-order valence-corrected chi connectivity index (χ2v) is 10.4. The number of rotatable bonds is 4. The molecule has 9 nitrogen and oxygen atoms in total. The van der Waals surface area contributed by atoms with Gasteiger partial charge in [0.25, 0.3) is 5.91 Å². The number of phenolic OH excluding ortho intramolecular Hbond substituents is 1. The maximum atomic E-state index is 13.8. The molecule has 0 aliphatic heterocycles. The zero-order valence-corrected chi connectivity index (χ0v) is 21.5. The fourth-order valence-corrected chi connectivity index (χ4v) is 6.23. The highest BCUT2D eigenvalue weighted by Gasteiger charge is 2.64. The number of phenols is 1. The summed E-state index contributed by atoms with van der Waals surface area (Å²) >= 11 is 5.83. The lowest BCUT2D eigenvalue weighted by Gasteiger charge is -2.50. The van der Waals surface area contributed by atoms with E-state index in [-0.39, 0.29) is 11.3 Å². The Labute approximate surface area is 228 Å². The van der Waals surface area contributed by atoms with Crippen LogP contribution in [0, 0.1) is 11.8 Å². The van der Waals surface area contributed by atoms with Crippen molar-refractivity contribution in [3.63, 3.8) is 0 Å². The van der Waals surface area contributed by atoms with Gasteiger partial charge >= 0.3 is 0 Å². The van der Waals surface area contributed by atoms with Crippen molar-refractivity contribution in [2.75, 3.05) is 0 Å². The van der Waals surface area contributed by atoms with E-state index in [1.807, 2.05) is 24.3 Å². The fourth-order valence-electron chi connectivity index (χ4n) is 6.05. The number of allylic oxidation sites excluding steroid dienone is 1. The Kier molecular flexibility index (Phi) is 6.41. The van der Waals surface area contributed by atoms with Crippen molar-refractivity contribution < 1.29 is 39.9 Å². The quantitative estimate of drug-likeness (QED) is 0.191. The van der Waals surface area contributed by atoms with Gasteiger partial charge in [-0.25, -0.2) is 0 Å². The van der Waals surface area contributed by atoms with Gasteiger partial charge in [-0.2, -0.15) is 0 Å². The highest BCUT2D eigenvalue weighted by molar-refractivity contribution is 6.24. The van der Waals surface area contributed by atoms with E-state index in [2.05, 4.69) is 0 Å². The molecular formula is C29H26ClNO8. The molecule has 1 amide bonds. The normalized spacial score (nSPS) is 28.4. The SMILES string of the molecule is C[C@H]1c2ccc(/C=C/c3ccc(CCl)cc3)c(O)c2C(=O)C2=C(O)[C@]3(O)C(=O)C(C(N)=O)=C(O)C[C@@H]3[C@@H](O)[C@@H]21. The second kappa shape index (κ2) is 9.37. The first kappa shape index (κ1) is 26.7. The van der Waals surface area contributed by atoms with Gasteiger partial charge in [0.1, 0.15) is 22.8 Å².